The van der Waals surface area contributed by atoms with Gasteiger partial charge in [-0.3, -0.25) is 0 Å². The van der Waals surface area contributed by atoms with Crippen LogP contribution >= 0.6 is 0 Å². The van der Waals surface area contributed by atoms with Crippen LogP contribution in [0.3, 0.4) is 0 Å². The Balaban J connectivity index is 3.60. The zero-order valence-electron chi connectivity index (χ0n) is 12.2. The van der Waals surface area contributed by atoms with Crippen molar-refractivity contribution in [3.05, 3.63) is 28.8 Å². The van der Waals surface area contributed by atoms with Crippen molar-refractivity contribution in [3.63, 3.8) is 0 Å². The normalized spacial score (nSPS) is 12.2. The van der Waals surface area contributed by atoms with Gasteiger partial charge in [0.1, 0.15) is 0 Å². The summed E-state index contributed by atoms with van der Waals surface area (Å²) in [4.78, 5) is 0. The van der Waals surface area contributed by atoms with E-state index in [1.54, 1.807) is 0 Å². The topological polar surface area (TPSA) is 37.3 Å². The van der Waals surface area contributed by atoms with Crippen molar-refractivity contribution in [2.24, 2.45) is 0 Å². The van der Waals surface area contributed by atoms with Crippen molar-refractivity contribution in [3.8, 4) is 0 Å². The van der Waals surface area contributed by atoms with Crippen molar-refractivity contribution >= 4 is 23.6 Å². The summed E-state index contributed by atoms with van der Waals surface area (Å²) < 4.78 is 22.3. The molecule has 0 aromatic heterocycles. The molecule has 3 heteroatoms. The van der Waals surface area contributed by atoms with E-state index in [0.717, 1.165) is 14.7 Å². The Kier molecular flexibility index (Phi) is 5.52. The van der Waals surface area contributed by atoms with Gasteiger partial charge in [-0.2, -0.15) is 0 Å². The number of hydrogen-bond donors (Lipinski definition) is 1. The van der Waals surface area contributed by atoms with E-state index in [1.165, 1.54) is 5.56 Å². The van der Waals surface area contributed by atoms with E-state index in [9.17, 15) is 6.58 Å². The summed E-state index contributed by atoms with van der Waals surface area (Å²) in [6.07, 6.45) is 0. The van der Waals surface area contributed by atoms with Gasteiger partial charge >= 0.3 is 118 Å². The Morgan fingerprint density at radius 1 is 0.889 bits per heavy atom. The second kappa shape index (κ2) is 6.28. The molecule has 0 aliphatic carbocycles. The Bertz CT molecular complexity index is 419. The third kappa shape index (κ3) is 3.41. The minimum atomic E-state index is -3.33. The molecule has 0 bridgehead atoms. The van der Waals surface area contributed by atoms with Crippen molar-refractivity contribution in [2.45, 2.75) is 59.3 Å². The van der Waals surface area contributed by atoms with Crippen LogP contribution in [0, 0.1) is 0 Å². The van der Waals surface area contributed by atoms with Crippen LogP contribution < -0.4 is 3.61 Å². The second-order valence-electron chi connectivity index (χ2n) is 5.74. The van der Waals surface area contributed by atoms with E-state index >= 15 is 0 Å². The molecule has 2 nitrogen and oxygen atoms in total. The van der Waals surface area contributed by atoms with Gasteiger partial charge < -0.3 is 0 Å². The van der Waals surface area contributed by atoms with E-state index in [1.807, 2.05) is 0 Å². The molecule has 1 aromatic rings. The number of benzene rings is 1. The van der Waals surface area contributed by atoms with Crippen molar-refractivity contribution in [2.75, 3.05) is 0 Å². The van der Waals surface area contributed by atoms with Gasteiger partial charge in [-0.1, -0.05) is 0 Å². The van der Waals surface area contributed by atoms with Crippen LogP contribution in [0.1, 0.15) is 76.0 Å². The first kappa shape index (κ1) is 15.8. The van der Waals surface area contributed by atoms with E-state index in [4.69, 9.17) is 0 Å². The van der Waals surface area contributed by atoms with Gasteiger partial charge in [0.2, 0.25) is 0 Å². The fourth-order valence-corrected chi connectivity index (χ4v) is 4.92. The van der Waals surface area contributed by atoms with Crippen LogP contribution in [-0.4, -0.2) is 23.4 Å². The molecular weight excluding hydrogens is 342 g/mol. The standard InChI is InChI=1S/C15H24O2Te/c1-9(2)12-7-13(10(3)4)15(18(16)17)14(8-12)11(5)6/h7-11H,1-6H3,(H,16,17)/i16+2. The maximum absolute atomic E-state index is 11.8. The third-order valence-electron chi connectivity index (χ3n) is 3.25. The maximum atomic E-state index is 11.8. The molecule has 0 spiro atoms. The van der Waals surface area contributed by atoms with Gasteiger partial charge in [0.25, 0.3) is 0 Å². The molecule has 0 radical (unpaired) electrons. The zero-order valence-corrected chi connectivity index (χ0v) is 14.5. The second-order valence-corrected chi connectivity index (χ2v) is 8.33. The quantitative estimate of drug-likeness (QED) is 0.657. The van der Waals surface area contributed by atoms with Crippen LogP contribution in [0.4, 0.5) is 0 Å². The van der Waals surface area contributed by atoms with Crippen LogP contribution in [-0.2, 0) is 3.10 Å². The molecule has 1 aromatic carbocycles. The van der Waals surface area contributed by atoms with Gasteiger partial charge in [-0.25, -0.2) is 0 Å². The van der Waals surface area contributed by atoms with E-state index in [2.05, 4.69) is 53.7 Å². The van der Waals surface area contributed by atoms with Crippen molar-refractivity contribution in [1.29, 1.82) is 0 Å². The van der Waals surface area contributed by atoms with Crippen LogP contribution in [0.5, 0.6) is 0 Å². The zero-order chi connectivity index (χ0) is 14.0. The average Bonchev–Trinajstić information content (AvgIpc) is 2.26. The van der Waals surface area contributed by atoms with E-state index < -0.39 is 19.9 Å². The molecule has 0 fully saturated rings. The predicted molar refractivity (Wildman–Crippen MR) is 77.0 cm³/mol. The SMILES string of the molecule is CC(C)c1cc(C(C)C)c([Te](=O)[18OH])c(C(C)C)c1. The molecule has 0 saturated carbocycles. The Morgan fingerprint density at radius 3 is 1.50 bits per heavy atom. The molecule has 102 valence electrons. The molecule has 0 aliphatic heterocycles. The fourth-order valence-electron chi connectivity index (χ4n) is 2.09. The Labute approximate surface area is 118 Å². The van der Waals surface area contributed by atoms with Gasteiger partial charge in [0.05, 0.1) is 0 Å². The molecule has 0 saturated heterocycles. The summed E-state index contributed by atoms with van der Waals surface area (Å²) in [5.74, 6) is 1.03. The van der Waals surface area contributed by atoms with Crippen molar-refractivity contribution < 1.29 is 6.58 Å². The molecular formula is C15H24O2Te. The van der Waals surface area contributed by atoms with Crippen LogP contribution in [0.2, 0.25) is 0 Å². The average molecular weight is 366 g/mol. The summed E-state index contributed by atoms with van der Waals surface area (Å²) in [6, 6.07) is 4.25. The van der Waals surface area contributed by atoms with Crippen LogP contribution in [0.15, 0.2) is 12.1 Å². The first-order chi connectivity index (χ1) is 8.25. The first-order valence-corrected chi connectivity index (χ1v) is 9.70. The molecule has 0 amide bonds. The molecule has 0 atom stereocenters. The molecule has 18 heavy (non-hydrogen) atoms. The van der Waals surface area contributed by atoms with Gasteiger partial charge in [0.15, 0.2) is 0 Å². The third-order valence-corrected chi connectivity index (χ3v) is 5.60. The summed E-state index contributed by atoms with van der Waals surface area (Å²) in [6.45, 7) is 12.7. The summed E-state index contributed by atoms with van der Waals surface area (Å²) in [5, 5.41) is 0. The molecule has 1 rings (SSSR count). The molecule has 0 heterocycles. The van der Waals surface area contributed by atoms with Gasteiger partial charge in [0, 0.05) is 0 Å². The fraction of sp³-hybridized carbons (Fsp3) is 0.600. The van der Waals surface area contributed by atoms with E-state index in [-0.39, 0.29) is 0 Å². The van der Waals surface area contributed by atoms with Gasteiger partial charge in [-0.15, -0.1) is 0 Å². The van der Waals surface area contributed by atoms with Crippen molar-refractivity contribution in [1.82, 2.24) is 0 Å². The summed E-state index contributed by atoms with van der Waals surface area (Å²) >= 11 is -3.33. The Hall–Kier alpha value is -0.230. The van der Waals surface area contributed by atoms with Gasteiger partial charge in [-0.05, 0) is 0 Å². The van der Waals surface area contributed by atoms with Crippen LogP contribution in [0.25, 0.3) is 0 Å². The molecule has 0 unspecified atom stereocenters. The summed E-state index contributed by atoms with van der Waals surface area (Å²) in [5.41, 5.74) is 3.41. The molecule has 0 aliphatic rings. The molecule has 1 N–H and O–H groups in total. The Morgan fingerprint density at radius 2 is 1.28 bits per heavy atom. The van der Waals surface area contributed by atoms with E-state index in [0.29, 0.717) is 17.8 Å². The summed E-state index contributed by atoms with van der Waals surface area (Å²) in [7, 11) is 0. The number of rotatable bonds is 4. The first-order valence-electron chi connectivity index (χ1n) is 6.54. The number of hydrogen-bond acceptors (Lipinski definition) is 1. The predicted octanol–water partition coefficient (Wildman–Crippen LogP) is 3.17. The monoisotopic (exact) mass is 368 g/mol. The minimum absolute atomic E-state index is 0.292.